The molecule has 5 aliphatic heterocycles. The molecule has 13 nitrogen and oxygen atoms in total. The molecular formula is C47H50N4O9. The summed E-state index contributed by atoms with van der Waals surface area (Å²) in [6, 6.07) is 28.6. The van der Waals surface area contributed by atoms with Crippen molar-refractivity contribution in [3.63, 3.8) is 0 Å². The molecule has 0 aromatic heterocycles. The molecule has 4 aromatic carbocycles. The zero-order valence-electron chi connectivity index (χ0n) is 34.3. The second kappa shape index (κ2) is 15.3. The zero-order chi connectivity index (χ0) is 41.9. The number of carbonyl (C=O) groups excluding carboxylic acids is 4. The molecule has 4 amide bonds. The van der Waals surface area contributed by atoms with E-state index in [-0.39, 0.29) is 43.9 Å². The van der Waals surface area contributed by atoms with Crippen molar-refractivity contribution in [1.29, 1.82) is 0 Å². The largest absolute Gasteiger partial charge is 0.497 e. The molecule has 0 radical (unpaired) electrons. The van der Waals surface area contributed by atoms with Crippen LogP contribution >= 0.6 is 0 Å². The highest BCUT2D eigenvalue weighted by Crippen LogP contribution is 2.60. The summed E-state index contributed by atoms with van der Waals surface area (Å²) in [6.45, 7) is 8.11. The van der Waals surface area contributed by atoms with E-state index in [0.29, 0.717) is 61.0 Å². The number of rotatable bonds is 10. The van der Waals surface area contributed by atoms with E-state index in [0.717, 1.165) is 22.3 Å². The standard InChI is InChI=1S/C47H50N4O9/c1-29-42(46(2,3)33-11-16-37(57-4)17-12-33)40(25-41(53)50-27-32-8-6-5-7-31(32)23-36(50)28-52)60-47(29)38-24-35(49-20-22-59-45(49)56)15-18-39(38)51(43(47)54)26-30-9-13-34(14-10-30)48-19-21-58-44(48)55/h5-18,24,29,36,40,42,52H,19-23,25-28H2,1-4H3/t29-,36+,40+,42-,47+/m1/s1. The van der Waals surface area contributed by atoms with Gasteiger partial charge in [-0.05, 0) is 76.6 Å². The van der Waals surface area contributed by atoms with E-state index in [4.69, 9.17) is 18.9 Å². The number of carbonyl (C=O) groups is 4. The summed E-state index contributed by atoms with van der Waals surface area (Å²) in [6.07, 6.45) is -1.06. The predicted molar refractivity (Wildman–Crippen MR) is 223 cm³/mol. The van der Waals surface area contributed by atoms with E-state index in [1.807, 2.05) is 97.9 Å². The fourth-order valence-corrected chi connectivity index (χ4v) is 10.4. The van der Waals surface area contributed by atoms with Crippen LogP contribution < -0.4 is 19.4 Å². The van der Waals surface area contributed by atoms with E-state index in [1.165, 1.54) is 0 Å². The predicted octanol–water partition coefficient (Wildman–Crippen LogP) is 6.32. The average Bonchev–Trinajstić information content (AvgIpc) is 4.02. The Hall–Kier alpha value is -5.92. The molecule has 1 N–H and O–H groups in total. The summed E-state index contributed by atoms with van der Waals surface area (Å²) >= 11 is 0. The minimum atomic E-state index is -1.53. The number of aliphatic hydroxyl groups excluding tert-OH is 1. The van der Waals surface area contributed by atoms with Crippen LogP contribution in [0.1, 0.15) is 55.0 Å². The number of nitrogens with zero attached hydrogens (tertiary/aromatic N) is 4. The second-order valence-electron chi connectivity index (χ2n) is 17.0. The Morgan fingerprint density at radius 3 is 2.15 bits per heavy atom. The van der Waals surface area contributed by atoms with Crippen LogP contribution in [0.3, 0.4) is 0 Å². The van der Waals surface area contributed by atoms with E-state index >= 15 is 4.79 Å². The Balaban J connectivity index is 1.12. The van der Waals surface area contributed by atoms with Crippen molar-refractivity contribution in [2.24, 2.45) is 11.8 Å². The number of amides is 4. The Morgan fingerprint density at radius 2 is 1.52 bits per heavy atom. The Bertz CT molecular complexity index is 2330. The first-order valence-corrected chi connectivity index (χ1v) is 20.7. The van der Waals surface area contributed by atoms with Crippen LogP contribution in [0, 0.1) is 11.8 Å². The summed E-state index contributed by atoms with van der Waals surface area (Å²) < 4.78 is 23.3. The van der Waals surface area contributed by atoms with E-state index < -0.39 is 41.3 Å². The van der Waals surface area contributed by atoms with Crippen LogP contribution in [-0.2, 0) is 54.3 Å². The SMILES string of the molecule is COc1ccc(C(C)(C)[C@H]2[C@H](CC(=O)N3Cc4ccccc4C[C@H]3CO)O[C@@]3(C(=O)N(Cc4ccc(N5CCOC5=O)cc4)c4ccc(N5CCOC5=O)cc43)[C@@H]2C)cc1. The number of hydrogen-bond donors (Lipinski definition) is 1. The van der Waals surface area contributed by atoms with E-state index in [2.05, 4.69) is 13.8 Å². The van der Waals surface area contributed by atoms with Crippen LogP contribution in [-0.4, -0.2) is 86.2 Å². The zero-order valence-corrected chi connectivity index (χ0v) is 34.3. The van der Waals surface area contributed by atoms with Crippen LogP contribution in [0.25, 0.3) is 0 Å². The highest BCUT2D eigenvalue weighted by molar-refractivity contribution is 6.08. The molecule has 60 heavy (non-hydrogen) atoms. The van der Waals surface area contributed by atoms with Crippen LogP contribution in [0.4, 0.5) is 26.7 Å². The Labute approximate surface area is 349 Å². The van der Waals surface area contributed by atoms with Crippen molar-refractivity contribution in [2.75, 3.05) is 54.7 Å². The first-order chi connectivity index (χ1) is 28.9. The monoisotopic (exact) mass is 814 g/mol. The maximum atomic E-state index is 15.6. The van der Waals surface area contributed by atoms with Gasteiger partial charge in [-0.15, -0.1) is 0 Å². The molecule has 0 bridgehead atoms. The lowest BCUT2D eigenvalue weighted by atomic mass is 9.63. The molecule has 5 heterocycles. The first-order valence-electron chi connectivity index (χ1n) is 20.7. The fraction of sp³-hybridized carbons (Fsp3) is 0.404. The normalized spacial score (nSPS) is 24.9. The number of aliphatic hydroxyl groups is 1. The van der Waals surface area contributed by atoms with Gasteiger partial charge in [-0.3, -0.25) is 19.4 Å². The summed E-state index contributed by atoms with van der Waals surface area (Å²) in [5, 5.41) is 10.5. The molecule has 3 fully saturated rings. The first kappa shape index (κ1) is 39.5. The molecule has 0 saturated carbocycles. The molecule has 5 aliphatic rings. The van der Waals surface area contributed by atoms with Crippen molar-refractivity contribution in [1.82, 2.24) is 4.90 Å². The van der Waals surface area contributed by atoms with Gasteiger partial charge < -0.3 is 33.9 Å². The van der Waals surface area contributed by atoms with Gasteiger partial charge in [-0.2, -0.15) is 0 Å². The molecular weight excluding hydrogens is 765 g/mol. The quantitative estimate of drug-likeness (QED) is 0.195. The summed E-state index contributed by atoms with van der Waals surface area (Å²) in [4.78, 5) is 62.1. The van der Waals surface area contributed by atoms with Crippen LogP contribution in [0.2, 0.25) is 0 Å². The third kappa shape index (κ3) is 6.46. The van der Waals surface area contributed by atoms with Gasteiger partial charge in [0.25, 0.3) is 5.91 Å². The lowest BCUT2D eigenvalue weighted by Crippen LogP contribution is -2.48. The molecule has 4 aromatic rings. The highest BCUT2D eigenvalue weighted by atomic mass is 16.6. The number of benzene rings is 4. The van der Waals surface area contributed by atoms with Crippen molar-refractivity contribution < 1.29 is 43.2 Å². The van der Waals surface area contributed by atoms with Gasteiger partial charge in [-0.1, -0.05) is 69.3 Å². The summed E-state index contributed by atoms with van der Waals surface area (Å²) in [5.74, 6) is -0.541. The fourth-order valence-electron chi connectivity index (χ4n) is 10.4. The third-order valence-electron chi connectivity index (χ3n) is 13.5. The second-order valence-corrected chi connectivity index (χ2v) is 17.0. The van der Waals surface area contributed by atoms with Gasteiger partial charge >= 0.3 is 12.2 Å². The van der Waals surface area contributed by atoms with Gasteiger partial charge in [0.15, 0.2) is 5.60 Å². The lowest BCUT2D eigenvalue weighted by molar-refractivity contribution is -0.151. The number of fused-ring (bicyclic) bond motifs is 3. The molecule has 9 rings (SSSR count). The molecule has 3 saturated heterocycles. The van der Waals surface area contributed by atoms with Crippen LogP contribution in [0.5, 0.6) is 5.75 Å². The Morgan fingerprint density at radius 1 is 0.867 bits per heavy atom. The van der Waals surface area contributed by atoms with Gasteiger partial charge in [-0.25, -0.2) is 9.59 Å². The maximum Gasteiger partial charge on any atom is 0.414 e. The van der Waals surface area contributed by atoms with Crippen LogP contribution in [0.15, 0.2) is 91.0 Å². The highest BCUT2D eigenvalue weighted by Gasteiger charge is 2.66. The molecule has 5 atom stereocenters. The van der Waals surface area contributed by atoms with Crippen molar-refractivity contribution in [3.8, 4) is 5.75 Å². The number of ether oxygens (including phenoxy) is 4. The molecule has 13 heteroatoms. The molecule has 1 spiro atoms. The lowest BCUT2D eigenvalue weighted by Gasteiger charge is -2.40. The smallest absolute Gasteiger partial charge is 0.414 e. The van der Waals surface area contributed by atoms with Crippen molar-refractivity contribution in [2.45, 2.75) is 69.9 Å². The molecule has 0 aliphatic carbocycles. The minimum Gasteiger partial charge on any atom is -0.497 e. The molecule has 312 valence electrons. The number of anilines is 3. The van der Waals surface area contributed by atoms with Crippen molar-refractivity contribution >= 4 is 41.1 Å². The van der Waals surface area contributed by atoms with Gasteiger partial charge in [0.05, 0.1) is 57.6 Å². The van der Waals surface area contributed by atoms with Crippen molar-refractivity contribution in [3.05, 3.63) is 119 Å². The molecule has 0 unspecified atom stereocenters. The number of methoxy groups -OCH3 is 1. The van der Waals surface area contributed by atoms with E-state index in [9.17, 15) is 19.5 Å². The summed E-state index contributed by atoms with van der Waals surface area (Å²) in [5.41, 5.74) is 4.40. The third-order valence-corrected chi connectivity index (χ3v) is 13.5. The van der Waals surface area contributed by atoms with Gasteiger partial charge in [0.1, 0.15) is 19.0 Å². The van der Waals surface area contributed by atoms with Gasteiger partial charge in [0, 0.05) is 35.3 Å². The average molecular weight is 815 g/mol. The Kier molecular flexibility index (Phi) is 10.1. The maximum absolute atomic E-state index is 15.6. The van der Waals surface area contributed by atoms with Gasteiger partial charge in [0.2, 0.25) is 5.91 Å². The summed E-state index contributed by atoms with van der Waals surface area (Å²) in [7, 11) is 1.62. The number of cyclic esters (lactones) is 2. The minimum absolute atomic E-state index is 0.0177. The van der Waals surface area contributed by atoms with E-state index in [1.54, 1.807) is 26.7 Å². The number of hydrogen-bond acceptors (Lipinski definition) is 9. The topological polar surface area (TPSA) is 138 Å².